The summed E-state index contributed by atoms with van der Waals surface area (Å²) in [5.74, 6) is 0. The fraction of sp³-hybridized carbons (Fsp3) is 0.143. The van der Waals surface area contributed by atoms with E-state index < -0.39 is 0 Å². The highest BCUT2D eigenvalue weighted by molar-refractivity contribution is 5.31. The van der Waals surface area contributed by atoms with Gasteiger partial charge in [0.1, 0.15) is 0 Å². The minimum absolute atomic E-state index is 0.856. The molecule has 0 unspecified atom stereocenters. The lowest BCUT2D eigenvalue weighted by molar-refractivity contribution is -0.825. The second kappa shape index (κ2) is 2.62. The Balaban J connectivity index is 2.94. The molecule has 0 aliphatic rings. The van der Waals surface area contributed by atoms with Gasteiger partial charge in [-0.05, 0) is 12.5 Å². The minimum Gasteiger partial charge on any atom is -0.215 e. The van der Waals surface area contributed by atoms with Crippen molar-refractivity contribution < 1.29 is 10.7 Å². The molecule has 1 rings (SSSR count). The Bertz CT molecular complexity index is 198. The summed E-state index contributed by atoms with van der Waals surface area (Å²) in [5, 5.41) is 8.54. The SMILES string of the molecule is Cc1cccc([NH2+]O)c1. The van der Waals surface area contributed by atoms with E-state index in [0.29, 0.717) is 0 Å². The third-order valence-electron chi connectivity index (χ3n) is 1.19. The van der Waals surface area contributed by atoms with Crippen molar-refractivity contribution in [2.75, 3.05) is 0 Å². The predicted octanol–water partition coefficient (Wildman–Crippen LogP) is 0.579. The van der Waals surface area contributed by atoms with Crippen LogP contribution >= 0.6 is 0 Å². The molecule has 0 bridgehead atoms. The Kier molecular flexibility index (Phi) is 1.82. The predicted molar refractivity (Wildman–Crippen MR) is 34.6 cm³/mol. The van der Waals surface area contributed by atoms with Crippen molar-refractivity contribution in [2.45, 2.75) is 6.92 Å². The summed E-state index contributed by atoms with van der Waals surface area (Å²) in [6.45, 7) is 1.99. The summed E-state index contributed by atoms with van der Waals surface area (Å²) >= 11 is 0. The average molecular weight is 124 g/mol. The molecule has 2 nitrogen and oxygen atoms in total. The molecular weight excluding hydrogens is 114 g/mol. The van der Waals surface area contributed by atoms with Crippen LogP contribution in [0.3, 0.4) is 0 Å². The molecule has 0 aromatic heterocycles. The molecule has 0 spiro atoms. The maximum Gasteiger partial charge on any atom is 0.161 e. The highest BCUT2D eigenvalue weighted by atomic mass is 16.5. The quantitative estimate of drug-likeness (QED) is 0.417. The second-order valence-corrected chi connectivity index (χ2v) is 2.04. The van der Waals surface area contributed by atoms with Gasteiger partial charge in [0.25, 0.3) is 0 Å². The van der Waals surface area contributed by atoms with Crippen LogP contribution in [0.15, 0.2) is 24.3 Å². The molecule has 0 heterocycles. The Morgan fingerprint density at radius 3 is 2.67 bits per heavy atom. The number of hydrogen-bond donors (Lipinski definition) is 2. The number of benzene rings is 1. The first kappa shape index (κ1) is 6.26. The Hall–Kier alpha value is -0.860. The highest BCUT2D eigenvalue weighted by Crippen LogP contribution is 2.02. The zero-order valence-corrected chi connectivity index (χ0v) is 5.33. The molecule has 1 aromatic carbocycles. The highest BCUT2D eigenvalue weighted by Gasteiger charge is 1.90. The van der Waals surface area contributed by atoms with E-state index in [9.17, 15) is 0 Å². The van der Waals surface area contributed by atoms with Gasteiger partial charge in [0.2, 0.25) is 0 Å². The summed E-state index contributed by atoms with van der Waals surface area (Å²) in [4.78, 5) is 0. The topological polar surface area (TPSA) is 36.8 Å². The van der Waals surface area contributed by atoms with E-state index in [4.69, 9.17) is 5.21 Å². The van der Waals surface area contributed by atoms with Gasteiger partial charge >= 0.3 is 0 Å². The van der Waals surface area contributed by atoms with Crippen LogP contribution < -0.4 is 5.48 Å². The van der Waals surface area contributed by atoms with E-state index in [-0.39, 0.29) is 0 Å². The van der Waals surface area contributed by atoms with Gasteiger partial charge in [-0.15, -0.1) is 0 Å². The van der Waals surface area contributed by atoms with Crippen molar-refractivity contribution in [3.63, 3.8) is 0 Å². The molecule has 0 aliphatic carbocycles. The third-order valence-corrected chi connectivity index (χ3v) is 1.19. The van der Waals surface area contributed by atoms with E-state index in [0.717, 1.165) is 16.7 Å². The summed E-state index contributed by atoms with van der Waals surface area (Å²) in [7, 11) is 0. The molecule has 48 valence electrons. The number of rotatable bonds is 1. The Morgan fingerprint density at radius 2 is 2.22 bits per heavy atom. The fourth-order valence-corrected chi connectivity index (χ4v) is 0.750. The molecular formula is C7H10NO+. The number of nitrogens with two attached hydrogens (primary N) is 1. The molecule has 0 saturated heterocycles. The molecule has 0 fully saturated rings. The summed E-state index contributed by atoms with van der Waals surface area (Å²) in [6, 6.07) is 7.68. The van der Waals surface area contributed by atoms with Crippen LogP contribution in [0.4, 0.5) is 5.69 Å². The first-order valence-corrected chi connectivity index (χ1v) is 2.87. The fourth-order valence-electron chi connectivity index (χ4n) is 0.750. The zero-order valence-electron chi connectivity index (χ0n) is 5.33. The lowest BCUT2D eigenvalue weighted by Crippen LogP contribution is -2.73. The van der Waals surface area contributed by atoms with Crippen LogP contribution in [0.1, 0.15) is 5.56 Å². The van der Waals surface area contributed by atoms with Gasteiger partial charge in [-0.1, -0.05) is 12.1 Å². The van der Waals surface area contributed by atoms with E-state index in [1.807, 2.05) is 31.2 Å². The van der Waals surface area contributed by atoms with Crippen LogP contribution in [-0.2, 0) is 0 Å². The number of quaternary nitrogens is 1. The van der Waals surface area contributed by atoms with Gasteiger partial charge in [-0.25, -0.2) is 5.21 Å². The molecule has 2 heteroatoms. The van der Waals surface area contributed by atoms with Crippen molar-refractivity contribution in [3.05, 3.63) is 29.8 Å². The van der Waals surface area contributed by atoms with Crippen molar-refractivity contribution in [1.82, 2.24) is 0 Å². The molecule has 0 radical (unpaired) electrons. The van der Waals surface area contributed by atoms with E-state index >= 15 is 0 Å². The van der Waals surface area contributed by atoms with Gasteiger partial charge < -0.3 is 0 Å². The van der Waals surface area contributed by atoms with Crippen molar-refractivity contribution in [1.29, 1.82) is 0 Å². The van der Waals surface area contributed by atoms with Crippen LogP contribution in [0.25, 0.3) is 0 Å². The number of aryl methyl sites for hydroxylation is 1. The first-order valence-electron chi connectivity index (χ1n) is 2.87. The molecule has 9 heavy (non-hydrogen) atoms. The minimum atomic E-state index is 0.856. The van der Waals surface area contributed by atoms with Crippen LogP contribution in [-0.4, -0.2) is 5.21 Å². The molecule has 0 amide bonds. The smallest absolute Gasteiger partial charge is 0.161 e. The van der Waals surface area contributed by atoms with Gasteiger partial charge in [0.15, 0.2) is 5.69 Å². The lowest BCUT2D eigenvalue weighted by atomic mass is 10.2. The normalized spacial score (nSPS) is 9.56. The molecule has 0 aliphatic heterocycles. The number of hydrogen-bond acceptors (Lipinski definition) is 1. The van der Waals surface area contributed by atoms with Crippen LogP contribution in [0, 0.1) is 6.92 Å². The van der Waals surface area contributed by atoms with Gasteiger partial charge in [-0.3, -0.25) is 0 Å². The summed E-state index contributed by atoms with van der Waals surface area (Å²) in [5.41, 5.74) is 3.13. The van der Waals surface area contributed by atoms with E-state index in [1.54, 1.807) is 0 Å². The molecule has 1 aromatic rings. The molecule has 3 N–H and O–H groups in total. The van der Waals surface area contributed by atoms with Crippen LogP contribution in [0.5, 0.6) is 0 Å². The monoisotopic (exact) mass is 124 g/mol. The molecule has 0 saturated carbocycles. The van der Waals surface area contributed by atoms with Crippen LogP contribution in [0.2, 0.25) is 0 Å². The van der Waals surface area contributed by atoms with Gasteiger partial charge in [0.05, 0.1) is 0 Å². The van der Waals surface area contributed by atoms with E-state index in [1.165, 1.54) is 0 Å². The Labute approximate surface area is 54.1 Å². The summed E-state index contributed by atoms with van der Waals surface area (Å²) in [6.07, 6.45) is 0. The van der Waals surface area contributed by atoms with Crippen molar-refractivity contribution in [2.24, 2.45) is 0 Å². The Morgan fingerprint density at radius 1 is 1.44 bits per heavy atom. The van der Waals surface area contributed by atoms with E-state index in [2.05, 4.69) is 0 Å². The standard InChI is InChI=1S/C7H9NO/c1-6-3-2-4-7(5-6)8-9/h2-5,8-9H,1H3/p+1. The van der Waals surface area contributed by atoms with Crippen molar-refractivity contribution >= 4 is 5.69 Å². The average Bonchev–Trinajstić information content (AvgIpc) is 1.88. The summed E-state index contributed by atoms with van der Waals surface area (Å²) < 4.78 is 0. The third kappa shape index (κ3) is 1.52. The lowest BCUT2D eigenvalue weighted by Gasteiger charge is -1.91. The first-order chi connectivity index (χ1) is 4.33. The van der Waals surface area contributed by atoms with Gasteiger partial charge in [0, 0.05) is 12.1 Å². The maximum atomic E-state index is 8.54. The van der Waals surface area contributed by atoms with Gasteiger partial charge in [-0.2, -0.15) is 5.48 Å². The second-order valence-electron chi connectivity index (χ2n) is 2.04. The maximum absolute atomic E-state index is 8.54. The van der Waals surface area contributed by atoms with Crippen molar-refractivity contribution in [3.8, 4) is 0 Å². The molecule has 0 atom stereocenters. The largest absolute Gasteiger partial charge is 0.215 e. The zero-order chi connectivity index (χ0) is 6.69.